The molecule has 0 saturated carbocycles. The first-order chi connectivity index (χ1) is 34.4. The van der Waals surface area contributed by atoms with Crippen LogP contribution >= 0.6 is 0 Å². The molecule has 4 aromatic carbocycles. The number of aromatic amines is 2. The number of carboxylic acid groups (broad SMARTS) is 1. The second kappa shape index (κ2) is 24.7. The topological polar surface area (TPSA) is 351 Å². The number of aromatic nitrogens is 2. The van der Waals surface area contributed by atoms with E-state index in [-0.39, 0.29) is 37.2 Å². The lowest BCUT2D eigenvalue weighted by Gasteiger charge is -2.23. The number of carboxylic acids is 1. The molecule has 6 atom stereocenters. The SMILES string of the molecule is C[C@@H](NC(=O)CNC(=O)[C@H](Cc1c[nH]c2ccccc12)NNC(=O)[C@H](Cc1c[nH]c2ccccc12)NC(=O)CNC(=O)[C@@H](C)NC(=O)[C@@H](N)Cc1ccc(O)cc1)C(=O)N[C@@H](Cc1ccc(O)cc1)C(=O)O. The molecule has 0 aliphatic rings. The third kappa shape index (κ3) is 14.9. The predicted octanol–water partition coefficient (Wildman–Crippen LogP) is -0.0563. The normalized spacial score (nSPS) is 13.6. The molecule has 0 saturated heterocycles. The van der Waals surface area contributed by atoms with Gasteiger partial charge in [-0.2, -0.15) is 0 Å². The molecule has 0 radical (unpaired) electrons. The first kappa shape index (κ1) is 52.6. The first-order valence-corrected chi connectivity index (χ1v) is 22.9. The molecular weight excluding hydrogens is 931 g/mol. The number of rotatable bonds is 24. The van der Waals surface area contributed by atoms with Crippen molar-refractivity contribution in [3.05, 3.63) is 132 Å². The molecular formula is C50H57N11O11. The second-order valence-electron chi connectivity index (χ2n) is 17.1. The number of phenols is 2. The molecule has 6 rings (SSSR count). The molecule has 0 fully saturated rings. The van der Waals surface area contributed by atoms with Crippen LogP contribution in [-0.4, -0.2) is 122 Å². The Bertz CT molecular complexity index is 2900. The van der Waals surface area contributed by atoms with E-state index in [1.165, 1.54) is 50.2 Å². The van der Waals surface area contributed by atoms with Crippen LogP contribution in [0, 0.1) is 0 Å². The van der Waals surface area contributed by atoms with Crippen molar-refractivity contribution >= 4 is 69.1 Å². The molecule has 0 bridgehead atoms. The summed E-state index contributed by atoms with van der Waals surface area (Å²) in [4.78, 5) is 111. The summed E-state index contributed by atoms with van der Waals surface area (Å²) in [5, 5.41) is 45.3. The van der Waals surface area contributed by atoms with E-state index in [0.29, 0.717) is 22.3 Å². The van der Waals surface area contributed by atoms with E-state index in [2.05, 4.69) is 52.7 Å². The van der Waals surface area contributed by atoms with Crippen LogP contribution in [0.5, 0.6) is 11.5 Å². The maximum Gasteiger partial charge on any atom is 0.326 e. The van der Waals surface area contributed by atoms with Gasteiger partial charge >= 0.3 is 5.97 Å². The number of aromatic hydroxyl groups is 2. The molecule has 7 amide bonds. The predicted molar refractivity (Wildman–Crippen MR) is 263 cm³/mol. The van der Waals surface area contributed by atoms with Gasteiger partial charge in [-0.15, -0.1) is 0 Å². The maximum absolute atomic E-state index is 14.1. The van der Waals surface area contributed by atoms with E-state index in [1.807, 2.05) is 48.5 Å². The lowest BCUT2D eigenvalue weighted by molar-refractivity contribution is -0.142. The number of nitrogens with one attached hydrogen (secondary N) is 10. The second-order valence-corrected chi connectivity index (χ2v) is 17.1. The van der Waals surface area contributed by atoms with Gasteiger partial charge < -0.3 is 62.9 Å². The summed E-state index contributed by atoms with van der Waals surface area (Å²) >= 11 is 0. The van der Waals surface area contributed by atoms with Crippen LogP contribution in [0.15, 0.2) is 109 Å². The number of fused-ring (bicyclic) bond motifs is 2. The van der Waals surface area contributed by atoms with Crippen LogP contribution in [0.2, 0.25) is 0 Å². The largest absolute Gasteiger partial charge is 0.508 e. The van der Waals surface area contributed by atoms with Crippen LogP contribution in [0.3, 0.4) is 0 Å². The summed E-state index contributed by atoms with van der Waals surface area (Å²) in [6, 6.07) is 19.4. The first-order valence-electron chi connectivity index (χ1n) is 22.9. The Kier molecular flexibility index (Phi) is 18.0. The molecule has 22 heteroatoms. The highest BCUT2D eigenvalue weighted by atomic mass is 16.4. The van der Waals surface area contributed by atoms with Gasteiger partial charge in [-0.3, -0.25) is 39.0 Å². The van der Waals surface area contributed by atoms with Gasteiger partial charge in [0.05, 0.1) is 19.1 Å². The molecule has 72 heavy (non-hydrogen) atoms. The van der Waals surface area contributed by atoms with Crippen LogP contribution in [0.4, 0.5) is 0 Å². The van der Waals surface area contributed by atoms with Gasteiger partial charge in [0.1, 0.15) is 41.7 Å². The number of phenolic OH excluding ortho intramolecular Hbond substituents is 2. The fourth-order valence-electron chi connectivity index (χ4n) is 7.65. The number of aliphatic carboxylic acids is 1. The van der Waals surface area contributed by atoms with Crippen molar-refractivity contribution in [2.24, 2.45) is 5.73 Å². The van der Waals surface area contributed by atoms with Crippen molar-refractivity contribution in [1.82, 2.24) is 52.7 Å². The molecule has 0 unspecified atom stereocenters. The molecule has 15 N–H and O–H groups in total. The highest BCUT2D eigenvalue weighted by molar-refractivity contribution is 5.95. The number of benzene rings is 4. The highest BCUT2D eigenvalue weighted by Gasteiger charge is 2.29. The van der Waals surface area contributed by atoms with E-state index in [9.17, 15) is 53.7 Å². The van der Waals surface area contributed by atoms with Gasteiger partial charge in [-0.25, -0.2) is 10.2 Å². The zero-order chi connectivity index (χ0) is 51.9. The van der Waals surface area contributed by atoms with Gasteiger partial charge in [-0.1, -0.05) is 60.7 Å². The van der Waals surface area contributed by atoms with Crippen molar-refractivity contribution in [3.63, 3.8) is 0 Å². The molecule has 22 nitrogen and oxygen atoms in total. The Hall–Kier alpha value is -8.76. The third-order valence-corrected chi connectivity index (χ3v) is 11.6. The van der Waals surface area contributed by atoms with Gasteiger partial charge in [0, 0.05) is 53.5 Å². The Morgan fingerprint density at radius 3 is 1.56 bits per heavy atom. The third-order valence-electron chi connectivity index (χ3n) is 11.6. The number of hydrazine groups is 1. The maximum atomic E-state index is 14.1. The van der Waals surface area contributed by atoms with Crippen LogP contribution in [0.25, 0.3) is 21.8 Å². The quantitative estimate of drug-likeness (QED) is 0.0354. The summed E-state index contributed by atoms with van der Waals surface area (Å²) in [6.45, 7) is 1.54. The van der Waals surface area contributed by atoms with Gasteiger partial charge in [0.15, 0.2) is 0 Å². The lowest BCUT2D eigenvalue weighted by Crippen LogP contribution is -2.59. The summed E-state index contributed by atoms with van der Waals surface area (Å²) in [5.74, 6) is -6.48. The number of nitrogens with two attached hydrogens (primary N) is 1. The average Bonchev–Trinajstić information content (AvgIpc) is 3.97. The number of H-pyrrole nitrogens is 2. The van der Waals surface area contributed by atoms with Crippen molar-refractivity contribution in [1.29, 1.82) is 0 Å². The Morgan fingerprint density at radius 1 is 0.514 bits per heavy atom. The average molecular weight is 988 g/mol. The smallest absolute Gasteiger partial charge is 0.326 e. The molecule has 0 aliphatic carbocycles. The standard InChI is InChI=1S/C50H57N11O11/c1-27(57-47(68)37(51)19-29-11-15-33(62)16-12-29)45(66)54-26-44(65)58-40(21-31-23-52-38-9-5-3-7-35(31)38)49(70)61-60-41(22-32-24-53-39-10-6-4-8-36(32)39)48(69)55-25-43(64)56-28(2)46(67)59-42(50(71)72)20-30-13-17-34(63)18-14-30/h3-18,23-24,27-28,37,40-42,52-53,60,62-63H,19-22,25-26,51H2,1-2H3,(H,54,66)(H,55,69)(H,56,64)(H,57,68)(H,58,65)(H,59,67)(H,61,70)(H,71,72)/t27-,28-,37+,40+,41+,42+/m1/s1. The summed E-state index contributed by atoms with van der Waals surface area (Å²) in [7, 11) is 0. The zero-order valence-corrected chi connectivity index (χ0v) is 39.3. The molecule has 6 aromatic rings. The van der Waals surface area contributed by atoms with E-state index in [1.54, 1.807) is 24.5 Å². The highest BCUT2D eigenvalue weighted by Crippen LogP contribution is 2.21. The van der Waals surface area contributed by atoms with Crippen molar-refractivity contribution in [2.45, 2.75) is 75.8 Å². The lowest BCUT2D eigenvalue weighted by atomic mass is 10.0. The Labute approximate surface area is 412 Å². The molecule has 0 aliphatic heterocycles. The van der Waals surface area contributed by atoms with Crippen LogP contribution in [-0.2, 0) is 64.0 Å². The van der Waals surface area contributed by atoms with E-state index < -0.39 is 96.7 Å². The van der Waals surface area contributed by atoms with E-state index in [0.717, 1.165) is 21.8 Å². The molecule has 0 spiro atoms. The van der Waals surface area contributed by atoms with Crippen molar-refractivity contribution in [3.8, 4) is 11.5 Å². The summed E-state index contributed by atoms with van der Waals surface area (Å²) in [6.07, 6.45) is 3.36. The van der Waals surface area contributed by atoms with Crippen LogP contribution in [0.1, 0.15) is 36.1 Å². The zero-order valence-electron chi connectivity index (χ0n) is 39.3. The van der Waals surface area contributed by atoms with Crippen molar-refractivity contribution in [2.75, 3.05) is 13.1 Å². The number of amides is 7. The fourth-order valence-corrected chi connectivity index (χ4v) is 7.65. The van der Waals surface area contributed by atoms with Crippen molar-refractivity contribution < 1.29 is 53.7 Å². The minimum absolute atomic E-state index is 0.0143. The van der Waals surface area contributed by atoms with E-state index >= 15 is 0 Å². The number of para-hydroxylation sites is 2. The monoisotopic (exact) mass is 987 g/mol. The molecule has 2 aromatic heterocycles. The molecule has 378 valence electrons. The van der Waals surface area contributed by atoms with Gasteiger partial charge in [0.2, 0.25) is 35.4 Å². The Morgan fingerprint density at radius 2 is 1.00 bits per heavy atom. The number of carbonyl (C=O) groups excluding carboxylic acids is 7. The fraction of sp³-hybridized carbons (Fsp3) is 0.280. The summed E-state index contributed by atoms with van der Waals surface area (Å²) in [5.41, 5.74) is 15.5. The minimum atomic E-state index is -1.35. The Balaban J connectivity index is 1.08. The number of hydrogen-bond acceptors (Lipinski definition) is 12. The van der Waals surface area contributed by atoms with Crippen LogP contribution < -0.4 is 48.5 Å². The minimum Gasteiger partial charge on any atom is -0.508 e. The molecule has 2 heterocycles. The number of hydrogen-bond donors (Lipinski definition) is 14. The summed E-state index contributed by atoms with van der Waals surface area (Å²) < 4.78 is 0. The van der Waals surface area contributed by atoms with E-state index in [4.69, 9.17) is 5.73 Å². The van der Waals surface area contributed by atoms with Gasteiger partial charge in [-0.05, 0) is 78.9 Å². The number of carbonyl (C=O) groups is 8. The van der Waals surface area contributed by atoms with Gasteiger partial charge in [0.25, 0.3) is 5.91 Å².